The van der Waals surface area contributed by atoms with Crippen LogP contribution in [0.3, 0.4) is 0 Å². The third kappa shape index (κ3) is 1.42. The summed E-state index contributed by atoms with van der Waals surface area (Å²) in [5.74, 6) is 0.829. The second-order valence-corrected chi connectivity index (χ2v) is 4.71. The van der Waals surface area contributed by atoms with E-state index in [0.29, 0.717) is 11.2 Å². The third-order valence-electron chi connectivity index (χ3n) is 2.43. The third-order valence-corrected chi connectivity index (χ3v) is 3.53. The lowest BCUT2D eigenvalue weighted by molar-refractivity contribution is 0.671. The van der Waals surface area contributed by atoms with Gasteiger partial charge in [0.2, 0.25) is 0 Å². The Kier molecular flexibility index (Phi) is 1.96. The number of rotatable bonds is 2. The van der Waals surface area contributed by atoms with Gasteiger partial charge < -0.3 is 17.2 Å². The van der Waals surface area contributed by atoms with E-state index < -0.39 is 0 Å². The molecular formula is C8H8N5S2-. The quantitative estimate of drug-likeness (QED) is 0.739. The molecule has 1 aliphatic carbocycles. The number of hydrogen-bond donors (Lipinski definition) is 0. The van der Waals surface area contributed by atoms with Crippen LogP contribution < -0.4 is 0 Å². The van der Waals surface area contributed by atoms with Gasteiger partial charge in [0.1, 0.15) is 4.88 Å². The SMILES string of the molecule is Cc1nnsc1-c1nnc([S-])n1C1CC1. The van der Waals surface area contributed by atoms with Crippen molar-refractivity contribution in [2.45, 2.75) is 31.0 Å². The Hall–Kier alpha value is -1.08. The molecule has 7 heteroatoms. The van der Waals surface area contributed by atoms with E-state index in [1.54, 1.807) is 0 Å². The molecule has 0 atom stereocenters. The van der Waals surface area contributed by atoms with Gasteiger partial charge in [-0.2, -0.15) is 5.10 Å². The van der Waals surface area contributed by atoms with Crippen molar-refractivity contribution >= 4 is 24.2 Å². The molecule has 5 nitrogen and oxygen atoms in total. The molecule has 0 spiro atoms. The van der Waals surface area contributed by atoms with Crippen LogP contribution >= 0.6 is 11.5 Å². The average molecular weight is 238 g/mol. The smallest absolute Gasteiger partial charge is 0.176 e. The summed E-state index contributed by atoms with van der Waals surface area (Å²) in [7, 11) is 0. The molecule has 78 valence electrons. The highest BCUT2D eigenvalue weighted by molar-refractivity contribution is 7.58. The van der Waals surface area contributed by atoms with Crippen LogP contribution in [0.4, 0.5) is 0 Å². The molecule has 0 radical (unpaired) electrons. The molecule has 2 aromatic heterocycles. The van der Waals surface area contributed by atoms with Crippen LogP contribution in [0.5, 0.6) is 0 Å². The lowest BCUT2D eigenvalue weighted by Gasteiger charge is -2.10. The molecule has 2 heterocycles. The van der Waals surface area contributed by atoms with Crippen molar-refractivity contribution in [1.29, 1.82) is 0 Å². The van der Waals surface area contributed by atoms with E-state index in [-0.39, 0.29) is 0 Å². The minimum Gasteiger partial charge on any atom is -0.740 e. The molecule has 1 saturated carbocycles. The maximum absolute atomic E-state index is 5.16. The molecule has 0 saturated heterocycles. The Morgan fingerprint density at radius 2 is 2.13 bits per heavy atom. The Morgan fingerprint density at radius 1 is 1.33 bits per heavy atom. The van der Waals surface area contributed by atoms with E-state index in [4.69, 9.17) is 12.6 Å². The summed E-state index contributed by atoms with van der Waals surface area (Å²) in [6.45, 7) is 1.92. The van der Waals surface area contributed by atoms with Crippen LogP contribution in [0, 0.1) is 6.92 Å². The molecule has 0 amide bonds. The van der Waals surface area contributed by atoms with Gasteiger partial charge in [-0.3, -0.25) is 0 Å². The van der Waals surface area contributed by atoms with Crippen molar-refractivity contribution in [3.05, 3.63) is 5.69 Å². The van der Waals surface area contributed by atoms with Gasteiger partial charge in [0.25, 0.3) is 0 Å². The predicted octanol–water partition coefficient (Wildman–Crippen LogP) is 1.35. The lowest BCUT2D eigenvalue weighted by atomic mass is 10.4. The summed E-state index contributed by atoms with van der Waals surface area (Å²) >= 11 is 6.50. The first-order chi connectivity index (χ1) is 7.27. The Morgan fingerprint density at radius 3 is 2.73 bits per heavy atom. The van der Waals surface area contributed by atoms with Gasteiger partial charge in [0.05, 0.1) is 5.69 Å². The zero-order chi connectivity index (χ0) is 10.4. The minimum atomic E-state index is 0.490. The molecular weight excluding hydrogens is 230 g/mol. The fourth-order valence-electron chi connectivity index (χ4n) is 1.53. The van der Waals surface area contributed by atoms with Crippen molar-refractivity contribution in [2.24, 2.45) is 0 Å². The van der Waals surface area contributed by atoms with Crippen molar-refractivity contribution in [3.63, 3.8) is 0 Å². The highest BCUT2D eigenvalue weighted by atomic mass is 32.1. The van der Waals surface area contributed by atoms with Gasteiger partial charge in [0.15, 0.2) is 5.82 Å². The molecule has 1 aliphatic rings. The van der Waals surface area contributed by atoms with Crippen molar-refractivity contribution in [3.8, 4) is 10.7 Å². The molecule has 3 rings (SSSR count). The molecule has 1 fully saturated rings. The first kappa shape index (κ1) is 9.17. The maximum Gasteiger partial charge on any atom is 0.176 e. The first-order valence-corrected chi connectivity index (χ1v) is 5.87. The Bertz CT molecular complexity index is 499. The lowest BCUT2D eigenvalue weighted by Crippen LogP contribution is -1.99. The largest absolute Gasteiger partial charge is 0.740 e. The molecule has 2 aromatic rings. The molecule has 0 N–H and O–H groups in total. The molecule has 0 bridgehead atoms. The van der Waals surface area contributed by atoms with E-state index in [1.807, 2.05) is 11.5 Å². The summed E-state index contributed by atoms with van der Waals surface area (Å²) in [5.41, 5.74) is 0.893. The van der Waals surface area contributed by atoms with E-state index in [2.05, 4.69) is 19.8 Å². The second-order valence-electron chi connectivity index (χ2n) is 3.59. The van der Waals surface area contributed by atoms with E-state index in [9.17, 15) is 0 Å². The number of aromatic nitrogens is 5. The van der Waals surface area contributed by atoms with E-state index >= 15 is 0 Å². The molecule has 0 aromatic carbocycles. The summed E-state index contributed by atoms with van der Waals surface area (Å²) < 4.78 is 5.93. The summed E-state index contributed by atoms with van der Waals surface area (Å²) in [5, 5.41) is 12.6. The zero-order valence-corrected chi connectivity index (χ0v) is 9.68. The predicted molar refractivity (Wildman–Crippen MR) is 57.6 cm³/mol. The highest BCUT2D eigenvalue weighted by Gasteiger charge is 2.28. The van der Waals surface area contributed by atoms with Crippen LogP contribution in [-0.2, 0) is 12.6 Å². The van der Waals surface area contributed by atoms with Gasteiger partial charge in [0, 0.05) is 11.2 Å². The van der Waals surface area contributed by atoms with Crippen LogP contribution in [0.2, 0.25) is 0 Å². The number of aryl methyl sites for hydroxylation is 1. The molecule has 15 heavy (non-hydrogen) atoms. The van der Waals surface area contributed by atoms with Gasteiger partial charge in [-0.05, 0) is 31.3 Å². The summed E-state index contributed by atoms with van der Waals surface area (Å²) in [4.78, 5) is 0.977. The fraction of sp³-hybridized carbons (Fsp3) is 0.500. The fourth-order valence-corrected chi connectivity index (χ4v) is 2.45. The van der Waals surface area contributed by atoms with Gasteiger partial charge in [-0.15, -0.1) is 10.2 Å². The van der Waals surface area contributed by atoms with E-state index in [0.717, 1.165) is 16.4 Å². The van der Waals surface area contributed by atoms with Crippen molar-refractivity contribution in [1.82, 2.24) is 24.4 Å². The minimum absolute atomic E-state index is 0.490. The number of nitrogens with zero attached hydrogens (tertiary/aromatic N) is 5. The summed E-state index contributed by atoms with van der Waals surface area (Å²) in [6.07, 6.45) is 2.33. The maximum atomic E-state index is 5.16. The van der Waals surface area contributed by atoms with Gasteiger partial charge in [-0.25, -0.2) is 0 Å². The van der Waals surface area contributed by atoms with E-state index in [1.165, 1.54) is 24.4 Å². The first-order valence-electron chi connectivity index (χ1n) is 4.68. The standard InChI is InChI=1S/C8H9N5S2/c1-4-6(15-12-9-4)7-10-11-8(14)13(7)5-2-3-5/h5H,2-3H2,1H3,(H,11,14)/p-1. The van der Waals surface area contributed by atoms with Gasteiger partial charge >= 0.3 is 0 Å². The monoisotopic (exact) mass is 238 g/mol. The van der Waals surface area contributed by atoms with Crippen LogP contribution in [0.15, 0.2) is 5.16 Å². The molecule has 0 aliphatic heterocycles. The second kappa shape index (κ2) is 3.21. The van der Waals surface area contributed by atoms with Crippen LogP contribution in [0.25, 0.3) is 10.7 Å². The van der Waals surface area contributed by atoms with Crippen molar-refractivity contribution < 1.29 is 0 Å². The number of hydrogen-bond acceptors (Lipinski definition) is 6. The zero-order valence-electron chi connectivity index (χ0n) is 8.04. The van der Waals surface area contributed by atoms with Gasteiger partial charge in [-0.1, -0.05) is 4.49 Å². The highest BCUT2D eigenvalue weighted by Crippen LogP contribution is 2.39. The topological polar surface area (TPSA) is 56.5 Å². The average Bonchev–Trinajstić information content (AvgIpc) is 2.85. The van der Waals surface area contributed by atoms with Crippen LogP contribution in [0.1, 0.15) is 24.6 Å². The Balaban J connectivity index is 2.15. The normalized spacial score (nSPS) is 15.8. The summed E-state index contributed by atoms with van der Waals surface area (Å²) in [6, 6.07) is 0.490. The van der Waals surface area contributed by atoms with Crippen LogP contribution in [-0.4, -0.2) is 24.4 Å². The van der Waals surface area contributed by atoms with Crippen molar-refractivity contribution in [2.75, 3.05) is 0 Å². The Labute approximate surface area is 96.1 Å². The molecule has 0 unspecified atom stereocenters.